The minimum Gasteiger partial charge on any atom is -0.318 e. The second-order valence-corrected chi connectivity index (χ2v) is 5.05. The number of imidazole rings is 1. The van der Waals surface area contributed by atoms with Gasteiger partial charge >= 0.3 is 0 Å². The molecule has 7 heteroatoms. The number of aryl methyl sites for hydroxylation is 1. The number of fused-ring (bicyclic) bond motifs is 2. The second kappa shape index (κ2) is 5.45. The van der Waals surface area contributed by atoms with E-state index in [0.717, 1.165) is 22.2 Å². The Bertz CT molecular complexity index is 1020. The fourth-order valence-corrected chi connectivity index (χ4v) is 2.34. The summed E-state index contributed by atoms with van der Waals surface area (Å²) in [5, 5.41) is 5.30. The van der Waals surface area contributed by atoms with E-state index in [2.05, 4.69) is 30.5 Å². The highest BCUT2D eigenvalue weighted by molar-refractivity contribution is 5.86. The van der Waals surface area contributed by atoms with Gasteiger partial charge in [0.05, 0.1) is 23.8 Å². The van der Waals surface area contributed by atoms with Crippen LogP contribution in [0, 0.1) is 0 Å². The van der Waals surface area contributed by atoms with Gasteiger partial charge in [-0.1, -0.05) is 24.3 Å². The van der Waals surface area contributed by atoms with E-state index < -0.39 is 0 Å². The molecule has 0 saturated carbocycles. The summed E-state index contributed by atoms with van der Waals surface area (Å²) in [5.74, 6) is 0.563. The number of pyridine rings is 1. The van der Waals surface area contributed by atoms with Crippen LogP contribution in [0.15, 0.2) is 54.2 Å². The molecule has 1 N–H and O–H groups in total. The van der Waals surface area contributed by atoms with Crippen LogP contribution in [-0.2, 0) is 7.05 Å². The van der Waals surface area contributed by atoms with Gasteiger partial charge in [0.25, 0.3) is 0 Å². The van der Waals surface area contributed by atoms with Crippen LogP contribution >= 0.6 is 0 Å². The van der Waals surface area contributed by atoms with Gasteiger partial charge in [-0.15, -0.1) is 0 Å². The molecule has 3 aromatic heterocycles. The Labute approximate surface area is 131 Å². The number of anilines is 1. The molecule has 3 heterocycles. The Morgan fingerprint density at radius 1 is 1.09 bits per heavy atom. The summed E-state index contributed by atoms with van der Waals surface area (Å²) < 4.78 is 1.83. The first kappa shape index (κ1) is 13.3. The molecule has 0 saturated heterocycles. The molecule has 0 radical (unpaired) electrons. The predicted molar refractivity (Wildman–Crippen MR) is 89.3 cm³/mol. The van der Waals surface area contributed by atoms with E-state index in [9.17, 15) is 0 Å². The predicted octanol–water partition coefficient (Wildman–Crippen LogP) is 2.36. The highest BCUT2D eigenvalue weighted by Gasteiger charge is 2.06. The molecule has 112 valence electrons. The van der Waals surface area contributed by atoms with E-state index in [1.54, 1.807) is 12.5 Å². The zero-order chi connectivity index (χ0) is 15.6. The van der Waals surface area contributed by atoms with Gasteiger partial charge in [0.1, 0.15) is 6.33 Å². The number of nitrogens with zero attached hydrogens (tertiary/aromatic N) is 6. The van der Waals surface area contributed by atoms with Gasteiger partial charge < -0.3 is 4.57 Å². The zero-order valence-corrected chi connectivity index (χ0v) is 12.4. The maximum absolute atomic E-state index is 4.53. The molecule has 0 bridgehead atoms. The van der Waals surface area contributed by atoms with Crippen molar-refractivity contribution in [2.24, 2.45) is 12.1 Å². The minimum atomic E-state index is 0.563. The second-order valence-electron chi connectivity index (χ2n) is 5.05. The lowest BCUT2D eigenvalue weighted by Gasteiger charge is -2.00. The Hall–Kier alpha value is -3.35. The van der Waals surface area contributed by atoms with Crippen LogP contribution in [0.4, 0.5) is 5.82 Å². The fraction of sp³-hybridized carbons (Fsp3) is 0.0625. The van der Waals surface area contributed by atoms with Crippen molar-refractivity contribution in [2.75, 3.05) is 5.43 Å². The maximum Gasteiger partial charge on any atom is 0.177 e. The van der Waals surface area contributed by atoms with Crippen molar-refractivity contribution in [1.82, 2.24) is 24.5 Å². The molecular formula is C16H13N7. The molecule has 0 atom stereocenters. The third-order valence-corrected chi connectivity index (χ3v) is 3.48. The highest BCUT2D eigenvalue weighted by Crippen LogP contribution is 2.16. The number of rotatable bonds is 3. The summed E-state index contributed by atoms with van der Waals surface area (Å²) in [4.78, 5) is 17.2. The number of hydrogen-bond donors (Lipinski definition) is 1. The molecule has 1 aromatic carbocycles. The van der Waals surface area contributed by atoms with Gasteiger partial charge in [-0.25, -0.2) is 19.9 Å². The Morgan fingerprint density at radius 3 is 2.96 bits per heavy atom. The molecule has 0 aliphatic carbocycles. The van der Waals surface area contributed by atoms with Gasteiger partial charge in [-0.05, 0) is 12.1 Å². The van der Waals surface area contributed by atoms with Gasteiger partial charge in [0, 0.05) is 12.4 Å². The van der Waals surface area contributed by atoms with E-state index >= 15 is 0 Å². The molecule has 0 amide bonds. The number of hydrazone groups is 1. The molecule has 0 fully saturated rings. The van der Waals surface area contributed by atoms with Crippen LogP contribution in [0.5, 0.6) is 0 Å². The molecule has 0 aliphatic rings. The molecule has 0 unspecified atom stereocenters. The van der Waals surface area contributed by atoms with Crippen molar-refractivity contribution in [1.29, 1.82) is 0 Å². The van der Waals surface area contributed by atoms with Gasteiger partial charge in [-0.2, -0.15) is 5.10 Å². The Morgan fingerprint density at radius 2 is 2.00 bits per heavy atom. The Balaban J connectivity index is 1.60. The van der Waals surface area contributed by atoms with Crippen molar-refractivity contribution < 1.29 is 0 Å². The maximum atomic E-state index is 4.53. The third kappa shape index (κ3) is 2.48. The van der Waals surface area contributed by atoms with E-state index in [4.69, 9.17) is 0 Å². The van der Waals surface area contributed by atoms with E-state index in [-0.39, 0.29) is 0 Å². The van der Waals surface area contributed by atoms with Gasteiger partial charge in [-0.3, -0.25) is 5.43 Å². The van der Waals surface area contributed by atoms with Gasteiger partial charge in [0.2, 0.25) is 0 Å². The number of benzene rings is 1. The zero-order valence-electron chi connectivity index (χ0n) is 12.4. The molecule has 0 spiro atoms. The fourth-order valence-electron chi connectivity index (χ4n) is 2.34. The van der Waals surface area contributed by atoms with Crippen molar-refractivity contribution in [2.45, 2.75) is 0 Å². The average Bonchev–Trinajstić information content (AvgIpc) is 2.97. The SMILES string of the molecule is Cn1cnc2c(N/N=C/c3ccc4ccccc4n3)ncnc21. The standard InChI is InChI=1S/C16H13N7/c1-23-10-19-14-15(17-9-18-16(14)23)22-20-8-12-7-6-11-4-2-3-5-13(11)21-12/h2-10H,1H3,(H,17,18,22)/b20-8+. The number of para-hydroxylation sites is 1. The van der Waals surface area contributed by atoms with Crippen molar-refractivity contribution in [3.63, 3.8) is 0 Å². The van der Waals surface area contributed by atoms with Crippen LogP contribution < -0.4 is 5.43 Å². The largest absolute Gasteiger partial charge is 0.318 e. The summed E-state index contributed by atoms with van der Waals surface area (Å²) in [7, 11) is 1.88. The van der Waals surface area contributed by atoms with E-state index in [0.29, 0.717) is 11.3 Å². The molecule has 4 aromatic rings. The van der Waals surface area contributed by atoms with Crippen molar-refractivity contribution in [3.8, 4) is 0 Å². The van der Waals surface area contributed by atoms with Crippen molar-refractivity contribution in [3.05, 3.63) is 54.7 Å². The normalized spacial score (nSPS) is 11.5. The Kier molecular flexibility index (Phi) is 3.16. The molecule has 4 rings (SSSR count). The highest BCUT2D eigenvalue weighted by atomic mass is 15.3. The molecular weight excluding hydrogens is 290 g/mol. The summed E-state index contributed by atoms with van der Waals surface area (Å²) in [5.41, 5.74) is 6.03. The van der Waals surface area contributed by atoms with E-state index in [1.165, 1.54) is 6.33 Å². The van der Waals surface area contributed by atoms with Crippen LogP contribution in [0.1, 0.15) is 5.69 Å². The van der Waals surface area contributed by atoms with Crippen LogP contribution in [-0.4, -0.2) is 30.7 Å². The first-order valence-electron chi connectivity index (χ1n) is 7.08. The lowest BCUT2D eigenvalue weighted by molar-refractivity contribution is 0.928. The first-order chi connectivity index (χ1) is 11.3. The molecule has 23 heavy (non-hydrogen) atoms. The minimum absolute atomic E-state index is 0.563. The van der Waals surface area contributed by atoms with Crippen LogP contribution in [0.25, 0.3) is 22.1 Å². The van der Waals surface area contributed by atoms with Gasteiger partial charge in [0.15, 0.2) is 17.0 Å². The summed E-state index contributed by atoms with van der Waals surface area (Å²) >= 11 is 0. The number of nitrogens with one attached hydrogen (secondary N) is 1. The third-order valence-electron chi connectivity index (χ3n) is 3.48. The number of aromatic nitrogens is 5. The topological polar surface area (TPSA) is 80.9 Å². The smallest absolute Gasteiger partial charge is 0.177 e. The molecule has 0 aliphatic heterocycles. The molecule has 7 nitrogen and oxygen atoms in total. The lowest BCUT2D eigenvalue weighted by atomic mass is 10.2. The monoisotopic (exact) mass is 303 g/mol. The quantitative estimate of drug-likeness (QED) is 0.464. The van der Waals surface area contributed by atoms with Crippen molar-refractivity contribution >= 4 is 34.1 Å². The summed E-state index contributed by atoms with van der Waals surface area (Å²) in [6.07, 6.45) is 4.83. The van der Waals surface area contributed by atoms with E-state index in [1.807, 2.05) is 48.0 Å². The van der Waals surface area contributed by atoms with Crippen LogP contribution in [0.2, 0.25) is 0 Å². The first-order valence-corrected chi connectivity index (χ1v) is 7.08. The summed E-state index contributed by atoms with van der Waals surface area (Å²) in [6, 6.07) is 11.9. The average molecular weight is 303 g/mol. The number of hydrogen-bond acceptors (Lipinski definition) is 6. The summed E-state index contributed by atoms with van der Waals surface area (Å²) in [6.45, 7) is 0. The van der Waals surface area contributed by atoms with Crippen LogP contribution in [0.3, 0.4) is 0 Å². The lowest BCUT2D eigenvalue weighted by Crippen LogP contribution is -1.97.